The van der Waals surface area contributed by atoms with Crippen LogP contribution in [0, 0.1) is 12.7 Å². The van der Waals surface area contributed by atoms with E-state index in [2.05, 4.69) is 12.1 Å². The first-order valence-corrected chi connectivity index (χ1v) is 7.49. The van der Waals surface area contributed by atoms with Crippen molar-refractivity contribution in [2.75, 3.05) is 0 Å². The first-order chi connectivity index (χ1) is 9.56. The maximum Gasteiger partial charge on any atom is 0.488 e. The summed E-state index contributed by atoms with van der Waals surface area (Å²) in [6, 6.07) is 12.6. The molecule has 0 aromatic heterocycles. The van der Waals surface area contributed by atoms with E-state index in [9.17, 15) is 4.39 Å². The summed E-state index contributed by atoms with van der Waals surface area (Å²) in [7, 11) is -1.63. The van der Waals surface area contributed by atoms with Crippen LogP contribution >= 0.6 is 11.8 Å². The van der Waals surface area contributed by atoms with Crippen LogP contribution in [-0.4, -0.2) is 17.2 Å². The Labute approximate surface area is 122 Å². The summed E-state index contributed by atoms with van der Waals surface area (Å²) in [5, 5.41) is 17.9. The van der Waals surface area contributed by atoms with Gasteiger partial charge in [-0.25, -0.2) is 4.39 Å². The third-order valence-electron chi connectivity index (χ3n) is 2.98. The molecule has 2 N–H and O–H groups in total. The zero-order valence-corrected chi connectivity index (χ0v) is 12.0. The van der Waals surface area contributed by atoms with Gasteiger partial charge in [-0.1, -0.05) is 42.0 Å². The highest BCUT2D eigenvalue weighted by Gasteiger charge is 2.13. The number of halogens is 1. The van der Waals surface area contributed by atoms with Crippen molar-refractivity contribution in [3.63, 3.8) is 0 Å². The maximum absolute atomic E-state index is 13.8. The van der Waals surface area contributed by atoms with Gasteiger partial charge in [0.15, 0.2) is 0 Å². The summed E-state index contributed by atoms with van der Waals surface area (Å²) < 4.78 is 13.8. The van der Waals surface area contributed by atoms with Gasteiger partial charge in [0, 0.05) is 11.5 Å². The number of thioether (sulfide) groups is 1. The molecule has 0 amide bonds. The number of aryl methyl sites for hydroxylation is 1. The molecular weight excluding hydrogens is 274 g/mol. The van der Waals surface area contributed by atoms with Crippen LogP contribution in [0.3, 0.4) is 0 Å². The van der Waals surface area contributed by atoms with E-state index in [-0.39, 0.29) is 5.46 Å². The van der Waals surface area contributed by atoms with Crippen LogP contribution in [0.25, 0.3) is 0 Å². The molecule has 0 atom stereocenters. The largest absolute Gasteiger partial charge is 0.488 e. The number of hydrogen-bond acceptors (Lipinski definition) is 3. The molecular formula is C15H16BFO2S. The van der Waals surface area contributed by atoms with Crippen LogP contribution in [-0.2, 0) is 11.5 Å². The van der Waals surface area contributed by atoms with Crippen molar-refractivity contribution in [1.29, 1.82) is 0 Å². The maximum atomic E-state index is 13.8. The van der Waals surface area contributed by atoms with Gasteiger partial charge in [-0.15, -0.1) is 0 Å². The van der Waals surface area contributed by atoms with E-state index in [0.717, 1.165) is 5.75 Å². The summed E-state index contributed by atoms with van der Waals surface area (Å²) in [4.78, 5) is 0. The highest BCUT2D eigenvalue weighted by atomic mass is 32.2. The third-order valence-corrected chi connectivity index (χ3v) is 4.04. The molecule has 5 heteroatoms. The van der Waals surface area contributed by atoms with Crippen molar-refractivity contribution < 1.29 is 14.4 Å². The molecule has 0 aliphatic carbocycles. The molecule has 104 valence electrons. The van der Waals surface area contributed by atoms with Crippen LogP contribution in [0.1, 0.15) is 16.7 Å². The van der Waals surface area contributed by atoms with E-state index >= 15 is 0 Å². The Morgan fingerprint density at radius 3 is 2.55 bits per heavy atom. The zero-order chi connectivity index (χ0) is 14.5. The van der Waals surface area contributed by atoms with Crippen molar-refractivity contribution >= 4 is 24.3 Å². The van der Waals surface area contributed by atoms with E-state index in [1.54, 1.807) is 17.8 Å². The molecule has 2 rings (SSSR count). The SMILES string of the molecule is Cc1cccc(CSCc2ccc(B(O)O)cc2F)c1. The molecule has 0 aliphatic rings. The topological polar surface area (TPSA) is 40.5 Å². The highest BCUT2D eigenvalue weighted by Crippen LogP contribution is 2.19. The highest BCUT2D eigenvalue weighted by molar-refractivity contribution is 7.97. The van der Waals surface area contributed by atoms with Crippen LogP contribution in [0.2, 0.25) is 0 Å². The summed E-state index contributed by atoms with van der Waals surface area (Å²) >= 11 is 1.63. The number of rotatable bonds is 5. The fraction of sp³-hybridized carbons (Fsp3) is 0.200. The van der Waals surface area contributed by atoms with E-state index in [0.29, 0.717) is 11.3 Å². The zero-order valence-electron chi connectivity index (χ0n) is 11.2. The van der Waals surface area contributed by atoms with Crippen molar-refractivity contribution in [3.05, 3.63) is 65.0 Å². The Morgan fingerprint density at radius 1 is 1.10 bits per heavy atom. The Morgan fingerprint density at radius 2 is 1.90 bits per heavy atom. The quantitative estimate of drug-likeness (QED) is 0.830. The average Bonchev–Trinajstić information content (AvgIpc) is 2.40. The molecule has 0 fully saturated rings. The van der Waals surface area contributed by atoms with Crippen molar-refractivity contribution in [2.24, 2.45) is 0 Å². The minimum absolute atomic E-state index is 0.176. The molecule has 0 spiro atoms. The third kappa shape index (κ3) is 4.10. The molecule has 0 aliphatic heterocycles. The lowest BCUT2D eigenvalue weighted by molar-refractivity contribution is 0.425. The van der Waals surface area contributed by atoms with E-state index in [1.807, 2.05) is 19.1 Å². The van der Waals surface area contributed by atoms with E-state index in [1.165, 1.54) is 23.3 Å². The molecule has 2 nitrogen and oxygen atoms in total. The summed E-state index contributed by atoms with van der Waals surface area (Å²) in [6.45, 7) is 2.05. The first-order valence-electron chi connectivity index (χ1n) is 6.34. The van der Waals surface area contributed by atoms with Gasteiger partial charge in [0.05, 0.1) is 0 Å². The molecule has 0 unspecified atom stereocenters. The van der Waals surface area contributed by atoms with E-state index in [4.69, 9.17) is 10.0 Å². The fourth-order valence-electron chi connectivity index (χ4n) is 1.92. The van der Waals surface area contributed by atoms with Crippen LogP contribution in [0.15, 0.2) is 42.5 Å². The van der Waals surface area contributed by atoms with Crippen LogP contribution in [0.4, 0.5) is 4.39 Å². The predicted molar refractivity (Wildman–Crippen MR) is 82.4 cm³/mol. The molecule has 0 saturated carbocycles. The van der Waals surface area contributed by atoms with Gasteiger partial charge in [0.1, 0.15) is 5.82 Å². The molecule has 2 aromatic rings. The summed E-state index contributed by atoms with van der Waals surface area (Å²) in [5.41, 5.74) is 3.19. The van der Waals surface area contributed by atoms with Crippen molar-refractivity contribution in [3.8, 4) is 0 Å². The minimum Gasteiger partial charge on any atom is -0.423 e. The van der Waals surface area contributed by atoms with Crippen molar-refractivity contribution in [2.45, 2.75) is 18.4 Å². The number of hydrogen-bond donors (Lipinski definition) is 2. The standard InChI is InChI=1S/C15H16BFO2S/c1-11-3-2-4-12(7-11)9-20-10-13-5-6-14(16(18)19)8-15(13)17/h2-8,18-19H,9-10H2,1H3. The van der Waals surface area contributed by atoms with Crippen LogP contribution < -0.4 is 5.46 Å². The van der Waals surface area contributed by atoms with Gasteiger partial charge in [-0.3, -0.25) is 0 Å². The Balaban J connectivity index is 1.94. The van der Waals surface area contributed by atoms with Gasteiger partial charge in [-0.2, -0.15) is 11.8 Å². The van der Waals surface area contributed by atoms with Gasteiger partial charge < -0.3 is 10.0 Å². The predicted octanol–water partition coefficient (Wildman–Crippen LogP) is 2.25. The monoisotopic (exact) mass is 290 g/mol. The second kappa shape index (κ2) is 6.93. The second-order valence-corrected chi connectivity index (χ2v) is 5.69. The Kier molecular flexibility index (Phi) is 5.23. The molecule has 0 radical (unpaired) electrons. The molecule has 0 heterocycles. The average molecular weight is 290 g/mol. The lowest BCUT2D eigenvalue weighted by atomic mass is 9.80. The lowest BCUT2D eigenvalue weighted by Crippen LogP contribution is -2.30. The van der Waals surface area contributed by atoms with Crippen molar-refractivity contribution in [1.82, 2.24) is 0 Å². The Hall–Kier alpha value is -1.30. The molecule has 2 aromatic carbocycles. The normalized spacial score (nSPS) is 10.6. The molecule has 20 heavy (non-hydrogen) atoms. The summed E-state index contributed by atoms with van der Waals surface area (Å²) in [6.07, 6.45) is 0. The van der Waals surface area contributed by atoms with Gasteiger partial charge in [-0.05, 0) is 29.6 Å². The minimum atomic E-state index is -1.63. The molecule has 0 saturated heterocycles. The molecule has 0 bridgehead atoms. The Bertz CT molecular complexity index is 590. The van der Waals surface area contributed by atoms with Gasteiger partial charge >= 0.3 is 7.12 Å². The van der Waals surface area contributed by atoms with E-state index < -0.39 is 12.9 Å². The second-order valence-electron chi connectivity index (χ2n) is 4.71. The smallest absolute Gasteiger partial charge is 0.423 e. The lowest BCUT2D eigenvalue weighted by Gasteiger charge is -2.06. The van der Waals surface area contributed by atoms with Crippen LogP contribution in [0.5, 0.6) is 0 Å². The van der Waals surface area contributed by atoms with Gasteiger partial charge in [0.25, 0.3) is 0 Å². The summed E-state index contributed by atoms with van der Waals surface area (Å²) in [5.74, 6) is 0.986. The van der Waals surface area contributed by atoms with Gasteiger partial charge in [0.2, 0.25) is 0 Å². The first kappa shape index (κ1) is 15.1. The fourth-order valence-corrected chi connectivity index (χ4v) is 2.89. The number of benzene rings is 2.